The summed E-state index contributed by atoms with van der Waals surface area (Å²) in [7, 11) is 2.09. The number of tetrazole rings is 1. The van der Waals surface area contributed by atoms with Crippen LogP contribution < -0.4 is 0 Å². The van der Waals surface area contributed by atoms with E-state index in [1.807, 2.05) is 12.1 Å². The standard InChI is InChI=1S/C36H33N9/c1-4-10-33-39-34-22(2)17-25(36-38-28-13-8-9-14-30(28)44(36)3)19-31(34)45(33)21-23-15-16-26-27(20-32-40-42-43-41-32)35(37-29(26)18-23)24-11-6-5-7-12-24/h5-9,11-19,37H,4,10,20-21H2,1-3H3,(H,40,41,42,43). The van der Waals surface area contributed by atoms with Gasteiger partial charge in [0.2, 0.25) is 0 Å². The number of aromatic nitrogens is 9. The van der Waals surface area contributed by atoms with E-state index in [1.54, 1.807) is 0 Å². The first kappa shape index (κ1) is 27.0. The second-order valence-corrected chi connectivity index (χ2v) is 11.7. The lowest BCUT2D eigenvalue weighted by molar-refractivity contribution is 0.722. The van der Waals surface area contributed by atoms with Crippen molar-refractivity contribution in [3.8, 4) is 22.6 Å². The molecule has 0 saturated heterocycles. The number of hydrogen-bond acceptors (Lipinski definition) is 5. The Labute approximate surface area is 260 Å². The van der Waals surface area contributed by atoms with E-state index in [9.17, 15) is 0 Å². The van der Waals surface area contributed by atoms with Gasteiger partial charge in [0.15, 0.2) is 5.82 Å². The number of imidazole rings is 2. The van der Waals surface area contributed by atoms with E-state index < -0.39 is 0 Å². The lowest BCUT2D eigenvalue weighted by Gasteiger charge is -2.11. The fourth-order valence-corrected chi connectivity index (χ4v) is 6.60. The van der Waals surface area contributed by atoms with Crippen molar-refractivity contribution < 1.29 is 0 Å². The molecule has 0 bridgehead atoms. The summed E-state index contributed by atoms with van der Waals surface area (Å²) >= 11 is 0. The van der Waals surface area contributed by atoms with Crippen LogP contribution in [-0.2, 0) is 26.4 Å². The molecule has 0 radical (unpaired) electrons. The molecule has 0 aliphatic carbocycles. The molecule has 8 aromatic rings. The highest BCUT2D eigenvalue weighted by molar-refractivity contribution is 5.92. The van der Waals surface area contributed by atoms with Crippen LogP contribution in [0.25, 0.3) is 55.6 Å². The topological polar surface area (TPSA) is 106 Å². The number of para-hydroxylation sites is 2. The van der Waals surface area contributed by atoms with Crippen LogP contribution in [0.4, 0.5) is 0 Å². The van der Waals surface area contributed by atoms with Gasteiger partial charge in [0, 0.05) is 42.9 Å². The second-order valence-electron chi connectivity index (χ2n) is 11.7. The van der Waals surface area contributed by atoms with E-state index in [4.69, 9.17) is 9.97 Å². The van der Waals surface area contributed by atoms with Crippen molar-refractivity contribution in [1.29, 1.82) is 0 Å². The number of fused-ring (bicyclic) bond motifs is 3. The second kappa shape index (κ2) is 10.9. The summed E-state index contributed by atoms with van der Waals surface area (Å²) in [6.07, 6.45) is 2.51. The first-order chi connectivity index (χ1) is 22.1. The van der Waals surface area contributed by atoms with Crippen molar-refractivity contribution in [1.82, 2.24) is 44.7 Å². The van der Waals surface area contributed by atoms with Crippen molar-refractivity contribution in [2.45, 2.75) is 39.7 Å². The van der Waals surface area contributed by atoms with Crippen LogP contribution in [0.5, 0.6) is 0 Å². The monoisotopic (exact) mass is 591 g/mol. The largest absolute Gasteiger partial charge is 0.354 e. The average Bonchev–Trinajstić information content (AvgIpc) is 3.85. The number of aryl methyl sites for hydroxylation is 3. The fourth-order valence-electron chi connectivity index (χ4n) is 6.60. The molecule has 0 unspecified atom stereocenters. The number of aromatic amines is 2. The van der Waals surface area contributed by atoms with Gasteiger partial charge in [-0.15, -0.1) is 10.2 Å². The predicted molar refractivity (Wildman–Crippen MR) is 178 cm³/mol. The van der Waals surface area contributed by atoms with Crippen molar-refractivity contribution in [3.63, 3.8) is 0 Å². The van der Waals surface area contributed by atoms with E-state index in [0.29, 0.717) is 18.8 Å². The molecule has 0 amide bonds. The molecule has 9 heteroatoms. The molecule has 0 aliphatic heterocycles. The van der Waals surface area contributed by atoms with Gasteiger partial charge >= 0.3 is 0 Å². The summed E-state index contributed by atoms with van der Waals surface area (Å²) in [4.78, 5) is 13.9. The molecule has 4 heterocycles. The van der Waals surface area contributed by atoms with Gasteiger partial charge in [0.1, 0.15) is 11.6 Å². The van der Waals surface area contributed by atoms with Gasteiger partial charge in [-0.1, -0.05) is 66.7 Å². The van der Waals surface area contributed by atoms with E-state index in [2.05, 4.69) is 128 Å². The summed E-state index contributed by atoms with van der Waals surface area (Å²) in [6, 6.07) is 29.9. The number of hydrogen-bond donors (Lipinski definition) is 2. The van der Waals surface area contributed by atoms with Gasteiger partial charge in [-0.3, -0.25) is 0 Å². The van der Waals surface area contributed by atoms with E-state index in [0.717, 1.165) is 85.4 Å². The van der Waals surface area contributed by atoms with Gasteiger partial charge < -0.3 is 14.1 Å². The first-order valence-corrected chi connectivity index (χ1v) is 15.4. The minimum absolute atomic E-state index is 0.580. The maximum absolute atomic E-state index is 5.17. The molecule has 2 N–H and O–H groups in total. The predicted octanol–water partition coefficient (Wildman–Crippen LogP) is 7.15. The zero-order valence-corrected chi connectivity index (χ0v) is 25.5. The molecule has 45 heavy (non-hydrogen) atoms. The van der Waals surface area contributed by atoms with Crippen LogP contribution in [-0.4, -0.2) is 44.7 Å². The summed E-state index contributed by atoms with van der Waals surface area (Å²) in [5.41, 5.74) is 12.2. The van der Waals surface area contributed by atoms with Crippen LogP contribution >= 0.6 is 0 Å². The number of benzene rings is 4. The number of rotatable bonds is 8. The number of H-pyrrole nitrogens is 2. The minimum atomic E-state index is 0.580. The molecule has 0 spiro atoms. The number of nitrogens with one attached hydrogen (secondary N) is 2. The Morgan fingerprint density at radius 1 is 0.844 bits per heavy atom. The Morgan fingerprint density at radius 3 is 2.49 bits per heavy atom. The highest BCUT2D eigenvalue weighted by Gasteiger charge is 2.19. The zero-order chi connectivity index (χ0) is 30.5. The molecule has 0 saturated carbocycles. The minimum Gasteiger partial charge on any atom is -0.354 e. The third-order valence-corrected chi connectivity index (χ3v) is 8.74. The van der Waals surface area contributed by atoms with Crippen LogP contribution in [0.1, 0.15) is 41.7 Å². The summed E-state index contributed by atoms with van der Waals surface area (Å²) in [5.74, 6) is 2.73. The zero-order valence-electron chi connectivity index (χ0n) is 25.5. The van der Waals surface area contributed by atoms with E-state index in [1.165, 1.54) is 5.56 Å². The smallest absolute Gasteiger partial charge is 0.179 e. The number of nitrogens with zero attached hydrogens (tertiary/aromatic N) is 7. The van der Waals surface area contributed by atoms with Crippen LogP contribution in [0.2, 0.25) is 0 Å². The molecule has 4 aromatic carbocycles. The molecule has 8 rings (SSSR count). The Morgan fingerprint density at radius 2 is 1.69 bits per heavy atom. The maximum Gasteiger partial charge on any atom is 0.179 e. The van der Waals surface area contributed by atoms with Gasteiger partial charge in [-0.2, -0.15) is 5.21 Å². The Balaban J connectivity index is 1.24. The third-order valence-electron chi connectivity index (χ3n) is 8.74. The maximum atomic E-state index is 5.17. The van der Waals surface area contributed by atoms with Crippen molar-refractivity contribution in [2.24, 2.45) is 7.05 Å². The fraction of sp³-hybridized carbons (Fsp3) is 0.194. The molecular weight excluding hydrogens is 558 g/mol. The first-order valence-electron chi connectivity index (χ1n) is 15.4. The van der Waals surface area contributed by atoms with Gasteiger partial charge in [-0.05, 0) is 65.9 Å². The van der Waals surface area contributed by atoms with Crippen molar-refractivity contribution >= 4 is 33.0 Å². The Kier molecular flexibility index (Phi) is 6.52. The Bertz CT molecular complexity index is 2300. The van der Waals surface area contributed by atoms with Crippen molar-refractivity contribution in [2.75, 3.05) is 0 Å². The van der Waals surface area contributed by atoms with E-state index in [-0.39, 0.29) is 0 Å². The highest BCUT2D eigenvalue weighted by Crippen LogP contribution is 2.34. The van der Waals surface area contributed by atoms with Crippen LogP contribution in [0, 0.1) is 6.92 Å². The Hall–Kier alpha value is -5.57. The van der Waals surface area contributed by atoms with Gasteiger partial charge in [0.25, 0.3) is 0 Å². The quantitative estimate of drug-likeness (QED) is 0.195. The molecule has 0 aliphatic rings. The van der Waals surface area contributed by atoms with Gasteiger partial charge in [0.05, 0.1) is 27.8 Å². The lowest BCUT2D eigenvalue weighted by atomic mass is 10.0. The molecule has 9 nitrogen and oxygen atoms in total. The SMILES string of the molecule is CCCc1nc2c(C)cc(-c3nc4ccccc4n3C)cc2n1Cc1ccc2c(Cc3nn[nH]n3)c(-c3ccccc3)[nH]c2c1. The van der Waals surface area contributed by atoms with Gasteiger partial charge in [-0.25, -0.2) is 9.97 Å². The molecule has 0 fully saturated rings. The van der Waals surface area contributed by atoms with Crippen LogP contribution in [0.15, 0.2) is 84.9 Å². The van der Waals surface area contributed by atoms with E-state index >= 15 is 0 Å². The molecule has 222 valence electrons. The molecular formula is C36H33N9. The normalized spacial score (nSPS) is 11.8. The highest BCUT2D eigenvalue weighted by atomic mass is 15.5. The third kappa shape index (κ3) is 4.68. The average molecular weight is 592 g/mol. The summed E-state index contributed by atoms with van der Waals surface area (Å²) in [6.45, 7) is 5.08. The summed E-state index contributed by atoms with van der Waals surface area (Å²) in [5, 5.41) is 16.0. The lowest BCUT2D eigenvalue weighted by Crippen LogP contribution is -2.05. The summed E-state index contributed by atoms with van der Waals surface area (Å²) < 4.78 is 4.57. The molecule has 4 aromatic heterocycles. The molecule has 0 atom stereocenters. The van der Waals surface area contributed by atoms with Crippen molar-refractivity contribution in [3.05, 3.63) is 113 Å². The van der Waals surface area contributed by atoms with Crippen LogP contribution in [0.3, 0.4) is 0 Å².